The maximum atomic E-state index is 11.8. The molecule has 2 heterocycles. The minimum Gasteiger partial charge on any atom is -0.349 e. The third-order valence-electron chi connectivity index (χ3n) is 2.53. The quantitative estimate of drug-likeness (QED) is 0.843. The molecule has 0 spiro atoms. The molecule has 0 atom stereocenters. The van der Waals surface area contributed by atoms with Gasteiger partial charge in [-0.25, -0.2) is 4.98 Å². The van der Waals surface area contributed by atoms with Crippen LogP contribution in [0.25, 0.3) is 0 Å². The summed E-state index contributed by atoms with van der Waals surface area (Å²) in [4.78, 5) is 15.7. The van der Waals surface area contributed by atoms with Crippen molar-refractivity contribution in [1.82, 2.24) is 25.1 Å². The zero-order valence-electron chi connectivity index (χ0n) is 10.2. The average molecular weight is 298 g/mol. The fourth-order valence-corrected chi connectivity index (χ4v) is 1.92. The topological polar surface area (TPSA) is 75.6 Å². The molecule has 0 aliphatic carbocycles. The Morgan fingerprint density at radius 3 is 2.95 bits per heavy atom. The van der Waals surface area contributed by atoms with Crippen molar-refractivity contribution in [1.29, 1.82) is 0 Å². The van der Waals surface area contributed by atoms with E-state index in [1.165, 1.54) is 6.20 Å². The van der Waals surface area contributed by atoms with Crippen LogP contribution in [-0.4, -0.2) is 32.2 Å². The second-order valence-electron chi connectivity index (χ2n) is 3.85. The number of hydrogen-bond acceptors (Lipinski definition) is 4. The molecule has 6 nitrogen and oxygen atoms in total. The van der Waals surface area contributed by atoms with Crippen molar-refractivity contribution in [2.45, 2.75) is 13.5 Å². The number of pyridine rings is 1. The van der Waals surface area contributed by atoms with Crippen LogP contribution >= 0.6 is 23.8 Å². The summed E-state index contributed by atoms with van der Waals surface area (Å²) in [6.45, 7) is 2.84. The maximum absolute atomic E-state index is 11.8. The molecule has 8 heteroatoms. The smallest absolute Gasteiger partial charge is 0.269 e. The molecule has 0 bridgehead atoms. The van der Waals surface area contributed by atoms with Crippen LogP contribution in [0.2, 0.25) is 5.02 Å². The van der Waals surface area contributed by atoms with Crippen molar-refractivity contribution in [3.05, 3.63) is 39.6 Å². The van der Waals surface area contributed by atoms with E-state index in [0.29, 0.717) is 28.6 Å². The van der Waals surface area contributed by atoms with Crippen LogP contribution in [0, 0.1) is 11.7 Å². The van der Waals surface area contributed by atoms with Gasteiger partial charge in [0, 0.05) is 19.3 Å². The zero-order valence-corrected chi connectivity index (χ0v) is 11.8. The lowest BCUT2D eigenvalue weighted by molar-refractivity contribution is 0.0947. The van der Waals surface area contributed by atoms with Crippen LogP contribution in [0.3, 0.4) is 0 Å². The van der Waals surface area contributed by atoms with Gasteiger partial charge < -0.3 is 9.88 Å². The normalized spacial score (nSPS) is 10.4. The number of nitrogens with zero attached hydrogens (tertiary/aromatic N) is 3. The number of carbonyl (C=O) groups is 1. The number of aromatic amines is 1. The first-order chi connectivity index (χ1) is 9.08. The largest absolute Gasteiger partial charge is 0.349 e. The average Bonchev–Trinajstić information content (AvgIpc) is 2.71. The molecule has 2 rings (SSSR count). The van der Waals surface area contributed by atoms with E-state index >= 15 is 0 Å². The van der Waals surface area contributed by atoms with Crippen molar-refractivity contribution in [3.63, 3.8) is 0 Å². The molecule has 0 saturated heterocycles. The van der Waals surface area contributed by atoms with E-state index in [2.05, 4.69) is 20.5 Å². The van der Waals surface area contributed by atoms with Crippen molar-refractivity contribution in [2.24, 2.45) is 0 Å². The molecule has 19 heavy (non-hydrogen) atoms. The van der Waals surface area contributed by atoms with Gasteiger partial charge in [-0.05, 0) is 31.3 Å². The summed E-state index contributed by atoms with van der Waals surface area (Å²) in [5.41, 5.74) is 0.330. The molecular formula is C11H12ClN5OS. The highest BCUT2D eigenvalue weighted by molar-refractivity contribution is 7.71. The van der Waals surface area contributed by atoms with Crippen molar-refractivity contribution >= 4 is 29.7 Å². The minimum atomic E-state index is -0.246. The molecular weight excluding hydrogens is 286 g/mol. The van der Waals surface area contributed by atoms with Gasteiger partial charge in [0.2, 0.25) is 0 Å². The first-order valence-electron chi connectivity index (χ1n) is 5.59. The number of rotatable bonds is 4. The van der Waals surface area contributed by atoms with E-state index in [-0.39, 0.29) is 5.91 Å². The molecule has 1 amide bonds. The van der Waals surface area contributed by atoms with Gasteiger partial charge in [0.25, 0.3) is 5.91 Å². The second-order valence-corrected chi connectivity index (χ2v) is 4.67. The van der Waals surface area contributed by atoms with Crippen molar-refractivity contribution < 1.29 is 4.79 Å². The van der Waals surface area contributed by atoms with E-state index < -0.39 is 0 Å². The summed E-state index contributed by atoms with van der Waals surface area (Å²) in [5, 5.41) is 9.93. The van der Waals surface area contributed by atoms with Gasteiger partial charge in [0.05, 0.1) is 5.02 Å². The molecule has 2 N–H and O–H groups in total. The molecule has 2 aromatic rings. The van der Waals surface area contributed by atoms with E-state index in [9.17, 15) is 4.79 Å². The first-order valence-corrected chi connectivity index (χ1v) is 6.38. The van der Waals surface area contributed by atoms with Crippen LogP contribution in [0.15, 0.2) is 18.3 Å². The summed E-state index contributed by atoms with van der Waals surface area (Å²) in [7, 11) is 0. The monoisotopic (exact) mass is 297 g/mol. The number of amides is 1. The Labute approximate surface area is 119 Å². The molecule has 0 fully saturated rings. The number of H-pyrrole nitrogens is 1. The van der Waals surface area contributed by atoms with Crippen LogP contribution < -0.4 is 5.32 Å². The SMILES string of the molecule is Cc1n[nH]c(=S)n1CCNC(=O)c1ccc(Cl)cn1. The minimum absolute atomic E-state index is 0.246. The highest BCUT2D eigenvalue weighted by Crippen LogP contribution is 2.05. The number of nitrogens with one attached hydrogen (secondary N) is 2. The molecule has 0 unspecified atom stereocenters. The Hall–Kier alpha value is -1.73. The van der Waals surface area contributed by atoms with E-state index in [1.54, 1.807) is 12.1 Å². The van der Waals surface area contributed by atoms with E-state index in [1.807, 2.05) is 11.5 Å². The molecule has 0 aromatic carbocycles. The summed E-state index contributed by atoms with van der Waals surface area (Å²) in [6.07, 6.45) is 1.44. The molecule has 0 radical (unpaired) electrons. The van der Waals surface area contributed by atoms with Crippen LogP contribution in [0.4, 0.5) is 0 Å². The first kappa shape index (κ1) is 13.7. The molecule has 0 aliphatic rings. The summed E-state index contributed by atoms with van der Waals surface area (Å²) in [5.74, 6) is 0.535. The summed E-state index contributed by atoms with van der Waals surface area (Å²) >= 11 is 10.8. The Balaban J connectivity index is 1.91. The lowest BCUT2D eigenvalue weighted by atomic mass is 10.3. The third kappa shape index (κ3) is 3.39. The summed E-state index contributed by atoms with van der Waals surface area (Å²) < 4.78 is 2.35. The van der Waals surface area contributed by atoms with E-state index in [4.69, 9.17) is 23.8 Å². The van der Waals surface area contributed by atoms with Gasteiger partial charge in [-0.3, -0.25) is 9.89 Å². The zero-order chi connectivity index (χ0) is 13.8. The van der Waals surface area contributed by atoms with Gasteiger partial charge in [-0.2, -0.15) is 5.10 Å². The summed E-state index contributed by atoms with van der Waals surface area (Å²) in [6, 6.07) is 3.20. The van der Waals surface area contributed by atoms with Gasteiger partial charge >= 0.3 is 0 Å². The Kier molecular flexibility index (Phi) is 4.28. The molecule has 2 aromatic heterocycles. The van der Waals surface area contributed by atoms with Crippen LogP contribution in [0.1, 0.15) is 16.3 Å². The van der Waals surface area contributed by atoms with Crippen LogP contribution in [0.5, 0.6) is 0 Å². The predicted octanol–water partition coefficient (Wildman–Crippen LogP) is 1.73. The lowest BCUT2D eigenvalue weighted by Gasteiger charge is -2.06. The third-order valence-corrected chi connectivity index (χ3v) is 3.07. The predicted molar refractivity (Wildman–Crippen MR) is 73.7 cm³/mol. The van der Waals surface area contributed by atoms with Gasteiger partial charge in [-0.1, -0.05) is 11.6 Å². The lowest BCUT2D eigenvalue weighted by Crippen LogP contribution is -2.28. The van der Waals surface area contributed by atoms with Crippen molar-refractivity contribution in [3.8, 4) is 0 Å². The number of halogens is 1. The Morgan fingerprint density at radius 2 is 2.37 bits per heavy atom. The number of aromatic nitrogens is 4. The highest BCUT2D eigenvalue weighted by atomic mass is 35.5. The van der Waals surface area contributed by atoms with E-state index in [0.717, 1.165) is 5.82 Å². The van der Waals surface area contributed by atoms with Gasteiger partial charge in [0.1, 0.15) is 11.5 Å². The number of aryl methyl sites for hydroxylation is 1. The molecule has 100 valence electrons. The van der Waals surface area contributed by atoms with Gasteiger partial charge in [0.15, 0.2) is 4.77 Å². The Morgan fingerprint density at radius 1 is 1.58 bits per heavy atom. The fraction of sp³-hybridized carbons (Fsp3) is 0.273. The van der Waals surface area contributed by atoms with Crippen molar-refractivity contribution in [2.75, 3.05) is 6.54 Å². The van der Waals surface area contributed by atoms with Gasteiger partial charge in [-0.15, -0.1) is 0 Å². The maximum Gasteiger partial charge on any atom is 0.269 e. The second kappa shape index (κ2) is 5.94. The fourth-order valence-electron chi connectivity index (χ4n) is 1.54. The Bertz CT molecular complexity index is 633. The highest BCUT2D eigenvalue weighted by Gasteiger charge is 2.07. The number of carbonyl (C=O) groups excluding carboxylic acids is 1. The molecule has 0 saturated carbocycles. The number of hydrogen-bond donors (Lipinski definition) is 2. The standard InChI is InChI=1S/C11H12ClN5OS/c1-7-15-16-11(19)17(7)5-4-13-10(18)9-3-2-8(12)6-14-9/h2-3,6H,4-5H2,1H3,(H,13,18)(H,16,19). The van der Waals surface area contributed by atoms with Crippen LogP contribution in [-0.2, 0) is 6.54 Å². The molecule has 0 aliphatic heterocycles.